The van der Waals surface area contributed by atoms with Gasteiger partial charge in [-0.2, -0.15) is 5.26 Å². The molecule has 0 aliphatic carbocycles. The first-order valence-corrected chi connectivity index (χ1v) is 10.7. The highest BCUT2D eigenvalue weighted by molar-refractivity contribution is 6.00. The van der Waals surface area contributed by atoms with E-state index < -0.39 is 0 Å². The van der Waals surface area contributed by atoms with Crippen LogP contribution in [0.1, 0.15) is 28.8 Å². The van der Waals surface area contributed by atoms with E-state index in [1.807, 2.05) is 53.4 Å². The predicted octanol–water partition coefficient (Wildman–Crippen LogP) is 3.76. The number of likely N-dealkylation sites (tertiary alicyclic amines) is 1. The molecule has 0 saturated carbocycles. The lowest BCUT2D eigenvalue weighted by molar-refractivity contribution is 0.0679. The van der Waals surface area contributed by atoms with Crippen LogP contribution in [0.15, 0.2) is 67.0 Å². The molecule has 4 heterocycles. The van der Waals surface area contributed by atoms with Crippen LogP contribution in [0.25, 0.3) is 11.3 Å². The third-order valence-electron chi connectivity index (χ3n) is 6.40. The van der Waals surface area contributed by atoms with Gasteiger partial charge >= 0.3 is 0 Å². The maximum atomic E-state index is 13.5. The second kappa shape index (κ2) is 8.19. The number of carbonyl (C=O) groups is 1. The van der Waals surface area contributed by atoms with Gasteiger partial charge in [0.25, 0.3) is 5.91 Å². The maximum absolute atomic E-state index is 13.5. The minimum atomic E-state index is 0.0241. The molecular formula is C25H23N5O. The van der Waals surface area contributed by atoms with E-state index in [-0.39, 0.29) is 11.9 Å². The second-order valence-corrected chi connectivity index (χ2v) is 8.13. The molecule has 2 saturated heterocycles. The number of anilines is 1. The number of carbonyl (C=O) groups excluding carboxylic acids is 1. The quantitative estimate of drug-likeness (QED) is 0.659. The van der Waals surface area contributed by atoms with Crippen LogP contribution in [0.4, 0.5) is 5.82 Å². The normalized spacial score (nSPS) is 20.2. The van der Waals surface area contributed by atoms with Crippen molar-refractivity contribution in [3.05, 3.63) is 78.1 Å². The number of hydrogen-bond donors (Lipinski definition) is 0. The van der Waals surface area contributed by atoms with Gasteiger partial charge in [0.2, 0.25) is 0 Å². The Labute approximate surface area is 181 Å². The van der Waals surface area contributed by atoms with Crippen molar-refractivity contribution in [2.45, 2.75) is 18.9 Å². The predicted molar refractivity (Wildman–Crippen MR) is 118 cm³/mol. The molecule has 2 aromatic heterocycles. The molecule has 31 heavy (non-hydrogen) atoms. The SMILES string of the molecule is N#Cc1ccnc(N2CC[C@@H]3CCN(C(=O)c4cccnc4-c4ccccc4)C[C@@H]32)c1. The number of amides is 1. The van der Waals surface area contributed by atoms with Gasteiger partial charge in [0.1, 0.15) is 5.82 Å². The summed E-state index contributed by atoms with van der Waals surface area (Å²) in [5.74, 6) is 1.39. The molecule has 2 fully saturated rings. The van der Waals surface area contributed by atoms with Crippen LogP contribution in [-0.4, -0.2) is 46.5 Å². The smallest absolute Gasteiger partial charge is 0.256 e. The lowest BCUT2D eigenvalue weighted by atomic mass is 9.91. The Bertz CT molecular complexity index is 1140. The van der Waals surface area contributed by atoms with Crippen molar-refractivity contribution in [1.29, 1.82) is 5.26 Å². The average molecular weight is 409 g/mol. The highest BCUT2D eigenvalue weighted by Crippen LogP contribution is 2.35. The molecule has 6 heteroatoms. The molecule has 1 amide bonds. The van der Waals surface area contributed by atoms with Crippen molar-refractivity contribution >= 4 is 11.7 Å². The first kappa shape index (κ1) is 19.3. The molecular weight excluding hydrogens is 386 g/mol. The monoisotopic (exact) mass is 409 g/mol. The summed E-state index contributed by atoms with van der Waals surface area (Å²) in [6.45, 7) is 2.31. The fourth-order valence-corrected chi connectivity index (χ4v) is 4.83. The van der Waals surface area contributed by atoms with Crippen molar-refractivity contribution in [2.75, 3.05) is 24.5 Å². The van der Waals surface area contributed by atoms with Gasteiger partial charge in [-0.25, -0.2) is 4.98 Å². The van der Waals surface area contributed by atoms with E-state index in [2.05, 4.69) is 20.9 Å². The molecule has 0 spiro atoms. The van der Waals surface area contributed by atoms with E-state index in [1.54, 1.807) is 18.5 Å². The molecule has 2 atom stereocenters. The standard InChI is InChI=1S/C25H23N5O/c26-16-18-8-12-27-23(15-18)30-14-10-19-9-13-29(17-22(19)30)25(31)21-7-4-11-28-24(21)20-5-2-1-3-6-20/h1-8,11-12,15,19,22H,9-10,13-14,17H2/t19-,22-/m0/s1. The van der Waals surface area contributed by atoms with E-state index in [9.17, 15) is 10.1 Å². The summed E-state index contributed by atoms with van der Waals surface area (Å²) in [6, 6.07) is 19.5. The van der Waals surface area contributed by atoms with Gasteiger partial charge in [0, 0.05) is 37.6 Å². The number of fused-ring (bicyclic) bond motifs is 1. The number of nitriles is 1. The number of nitrogens with zero attached hydrogens (tertiary/aromatic N) is 5. The third-order valence-corrected chi connectivity index (χ3v) is 6.40. The van der Waals surface area contributed by atoms with Crippen LogP contribution < -0.4 is 4.90 Å². The summed E-state index contributed by atoms with van der Waals surface area (Å²) in [6.07, 6.45) is 5.49. The zero-order valence-corrected chi connectivity index (χ0v) is 17.2. The minimum absolute atomic E-state index is 0.0241. The number of piperidine rings is 1. The number of pyridine rings is 2. The van der Waals surface area contributed by atoms with Crippen molar-refractivity contribution in [1.82, 2.24) is 14.9 Å². The van der Waals surface area contributed by atoms with Crippen molar-refractivity contribution in [2.24, 2.45) is 5.92 Å². The van der Waals surface area contributed by atoms with Gasteiger partial charge in [-0.15, -0.1) is 0 Å². The Morgan fingerprint density at radius 1 is 1.00 bits per heavy atom. The molecule has 154 valence electrons. The third kappa shape index (κ3) is 3.64. The second-order valence-electron chi connectivity index (χ2n) is 8.13. The van der Waals surface area contributed by atoms with Crippen LogP contribution in [-0.2, 0) is 0 Å². The van der Waals surface area contributed by atoms with E-state index in [0.29, 0.717) is 23.6 Å². The molecule has 1 aromatic carbocycles. The minimum Gasteiger partial charge on any atom is -0.352 e. The fourth-order valence-electron chi connectivity index (χ4n) is 4.83. The molecule has 5 rings (SSSR count). The van der Waals surface area contributed by atoms with E-state index in [0.717, 1.165) is 43.0 Å². The van der Waals surface area contributed by atoms with Crippen molar-refractivity contribution in [3.8, 4) is 17.3 Å². The van der Waals surface area contributed by atoms with Gasteiger partial charge in [-0.3, -0.25) is 9.78 Å². The molecule has 3 aromatic rings. The van der Waals surface area contributed by atoms with Gasteiger partial charge in [-0.05, 0) is 43.0 Å². The van der Waals surface area contributed by atoms with Crippen LogP contribution in [0.5, 0.6) is 0 Å². The summed E-state index contributed by atoms with van der Waals surface area (Å²) in [7, 11) is 0. The van der Waals surface area contributed by atoms with E-state index in [1.165, 1.54) is 0 Å². The summed E-state index contributed by atoms with van der Waals surface area (Å²) in [5, 5.41) is 9.24. The van der Waals surface area contributed by atoms with Gasteiger partial charge in [0.15, 0.2) is 0 Å². The Morgan fingerprint density at radius 2 is 1.84 bits per heavy atom. The van der Waals surface area contributed by atoms with Gasteiger partial charge in [0.05, 0.1) is 28.9 Å². The van der Waals surface area contributed by atoms with Crippen LogP contribution in [0.3, 0.4) is 0 Å². The zero-order chi connectivity index (χ0) is 21.2. The number of hydrogen-bond acceptors (Lipinski definition) is 5. The lowest BCUT2D eigenvalue weighted by Crippen LogP contribution is -2.50. The number of benzene rings is 1. The lowest BCUT2D eigenvalue weighted by Gasteiger charge is -2.39. The first-order valence-electron chi connectivity index (χ1n) is 10.7. The average Bonchev–Trinajstić information content (AvgIpc) is 3.27. The molecule has 6 nitrogen and oxygen atoms in total. The van der Waals surface area contributed by atoms with E-state index in [4.69, 9.17) is 0 Å². The zero-order valence-electron chi connectivity index (χ0n) is 17.2. The van der Waals surface area contributed by atoms with Crippen LogP contribution in [0, 0.1) is 17.2 Å². The first-order chi connectivity index (χ1) is 15.2. The summed E-state index contributed by atoms with van der Waals surface area (Å²) >= 11 is 0. The summed E-state index contributed by atoms with van der Waals surface area (Å²) < 4.78 is 0. The molecule has 2 aliphatic rings. The highest BCUT2D eigenvalue weighted by atomic mass is 16.2. The Morgan fingerprint density at radius 3 is 2.68 bits per heavy atom. The van der Waals surface area contributed by atoms with Crippen LogP contribution in [0.2, 0.25) is 0 Å². The Kier molecular flexibility index (Phi) is 5.09. The highest BCUT2D eigenvalue weighted by Gasteiger charge is 2.40. The molecule has 2 aliphatic heterocycles. The molecule has 0 N–H and O–H groups in total. The fraction of sp³-hybridized carbons (Fsp3) is 0.280. The van der Waals surface area contributed by atoms with E-state index >= 15 is 0 Å². The molecule has 0 unspecified atom stereocenters. The molecule has 0 radical (unpaired) electrons. The Balaban J connectivity index is 1.41. The largest absolute Gasteiger partial charge is 0.352 e. The summed E-state index contributed by atoms with van der Waals surface area (Å²) in [4.78, 5) is 26.8. The van der Waals surface area contributed by atoms with Gasteiger partial charge < -0.3 is 9.80 Å². The number of rotatable bonds is 3. The van der Waals surface area contributed by atoms with Gasteiger partial charge in [-0.1, -0.05) is 30.3 Å². The summed E-state index contributed by atoms with van der Waals surface area (Å²) in [5.41, 5.74) is 2.92. The number of aromatic nitrogens is 2. The van der Waals surface area contributed by atoms with Crippen molar-refractivity contribution < 1.29 is 4.79 Å². The van der Waals surface area contributed by atoms with Crippen LogP contribution >= 0.6 is 0 Å². The topological polar surface area (TPSA) is 73.1 Å². The van der Waals surface area contributed by atoms with Crippen molar-refractivity contribution in [3.63, 3.8) is 0 Å². The molecule has 0 bridgehead atoms. The Hall–Kier alpha value is -3.72. The maximum Gasteiger partial charge on any atom is 0.256 e.